The van der Waals surface area contributed by atoms with Crippen molar-refractivity contribution in [2.75, 3.05) is 31.1 Å². The number of aliphatic hydroxyl groups is 1. The molecule has 2 heterocycles. The van der Waals surface area contributed by atoms with Gasteiger partial charge in [0, 0.05) is 36.8 Å². The Labute approximate surface area is 182 Å². The van der Waals surface area contributed by atoms with Gasteiger partial charge < -0.3 is 10.0 Å². The maximum atomic E-state index is 13.2. The molecule has 0 unspecified atom stereocenters. The van der Waals surface area contributed by atoms with Gasteiger partial charge in [-0.25, -0.2) is 4.39 Å². The molecule has 2 aromatic carbocycles. The van der Waals surface area contributed by atoms with Gasteiger partial charge in [0.05, 0.1) is 12.1 Å². The van der Waals surface area contributed by atoms with Gasteiger partial charge in [0.2, 0.25) is 5.91 Å². The Balaban J connectivity index is 1.38. The number of hydrogen-bond donors (Lipinski definition) is 1. The van der Waals surface area contributed by atoms with E-state index in [1.807, 2.05) is 36.9 Å². The van der Waals surface area contributed by atoms with Crippen LogP contribution in [-0.2, 0) is 16.8 Å². The molecule has 0 bridgehead atoms. The Bertz CT molecular complexity index is 979. The van der Waals surface area contributed by atoms with Crippen molar-refractivity contribution in [3.8, 4) is 0 Å². The molecule has 0 saturated carbocycles. The van der Waals surface area contributed by atoms with E-state index in [2.05, 4.69) is 4.90 Å². The zero-order valence-electron chi connectivity index (χ0n) is 18.1. The molecule has 5 nitrogen and oxygen atoms in total. The van der Waals surface area contributed by atoms with Crippen molar-refractivity contribution in [1.82, 2.24) is 4.90 Å². The molecule has 6 heteroatoms. The lowest BCUT2D eigenvalue weighted by atomic mass is 9.84. The smallest absolute Gasteiger partial charge is 0.229 e. The van der Waals surface area contributed by atoms with Crippen LogP contribution in [0, 0.1) is 11.7 Å². The number of benzene rings is 2. The second-order valence-corrected chi connectivity index (χ2v) is 8.98. The number of carbonyl (C=O) groups excluding carboxylic acids is 2. The summed E-state index contributed by atoms with van der Waals surface area (Å²) in [7, 11) is 0. The van der Waals surface area contributed by atoms with Crippen molar-refractivity contribution in [2.24, 2.45) is 5.92 Å². The third-order valence-electron chi connectivity index (χ3n) is 6.49. The molecule has 1 fully saturated rings. The first kappa shape index (κ1) is 21.7. The normalized spacial score (nSPS) is 18.3. The lowest BCUT2D eigenvalue weighted by Crippen LogP contribution is -2.44. The lowest BCUT2D eigenvalue weighted by Gasteiger charge is -2.38. The van der Waals surface area contributed by atoms with E-state index >= 15 is 0 Å². The van der Waals surface area contributed by atoms with Gasteiger partial charge in [-0.15, -0.1) is 0 Å². The first-order valence-corrected chi connectivity index (χ1v) is 10.9. The third kappa shape index (κ3) is 4.41. The van der Waals surface area contributed by atoms with E-state index in [0.29, 0.717) is 44.6 Å². The topological polar surface area (TPSA) is 60.9 Å². The standard InChI is InChI=1S/C25H29FN2O3/c1-17(2)24(30)28-12-9-18-15-19(3-8-22(18)28)23(29)16-27-13-10-25(31,11-14-27)20-4-6-21(26)7-5-20/h3-8,15,17,31H,9-14,16H2,1-2H3. The maximum Gasteiger partial charge on any atom is 0.229 e. The summed E-state index contributed by atoms with van der Waals surface area (Å²) in [5.74, 6) is -0.218. The molecular formula is C25H29FN2O3. The number of Topliss-reactive ketones (excluding diaryl/α,β-unsaturated/α-hetero) is 1. The molecule has 0 aromatic heterocycles. The number of halogens is 1. The Morgan fingerprint density at radius 3 is 2.39 bits per heavy atom. The summed E-state index contributed by atoms with van der Waals surface area (Å²) in [6.45, 7) is 5.95. The number of hydrogen-bond acceptors (Lipinski definition) is 4. The molecule has 1 N–H and O–H groups in total. The minimum absolute atomic E-state index is 0.0451. The number of anilines is 1. The summed E-state index contributed by atoms with van der Waals surface area (Å²) >= 11 is 0. The molecular weight excluding hydrogens is 395 g/mol. The van der Waals surface area contributed by atoms with Crippen LogP contribution in [0.15, 0.2) is 42.5 Å². The summed E-state index contributed by atoms with van der Waals surface area (Å²) in [5, 5.41) is 11.0. The number of likely N-dealkylation sites (tertiary alicyclic amines) is 1. The second-order valence-electron chi connectivity index (χ2n) is 8.98. The molecule has 0 atom stereocenters. The molecule has 31 heavy (non-hydrogen) atoms. The molecule has 1 amide bonds. The third-order valence-corrected chi connectivity index (χ3v) is 6.49. The minimum atomic E-state index is -0.979. The maximum absolute atomic E-state index is 13.2. The van der Waals surface area contributed by atoms with Gasteiger partial charge >= 0.3 is 0 Å². The van der Waals surface area contributed by atoms with E-state index in [0.717, 1.165) is 23.2 Å². The fraction of sp³-hybridized carbons (Fsp3) is 0.440. The predicted molar refractivity (Wildman–Crippen MR) is 118 cm³/mol. The largest absolute Gasteiger partial charge is 0.385 e. The van der Waals surface area contributed by atoms with Crippen molar-refractivity contribution in [3.05, 3.63) is 65.0 Å². The van der Waals surface area contributed by atoms with E-state index in [9.17, 15) is 19.1 Å². The van der Waals surface area contributed by atoms with Crippen molar-refractivity contribution in [3.63, 3.8) is 0 Å². The molecule has 0 spiro atoms. The second kappa shape index (κ2) is 8.52. The number of carbonyl (C=O) groups is 2. The van der Waals surface area contributed by atoms with E-state index in [1.54, 1.807) is 12.1 Å². The molecule has 0 radical (unpaired) electrons. The van der Waals surface area contributed by atoms with Crippen molar-refractivity contribution < 1.29 is 19.1 Å². The van der Waals surface area contributed by atoms with Crippen molar-refractivity contribution in [2.45, 2.75) is 38.7 Å². The number of ketones is 1. The SMILES string of the molecule is CC(C)C(=O)N1CCc2cc(C(=O)CN3CCC(O)(c4ccc(F)cc4)CC3)ccc21. The van der Waals surface area contributed by atoms with Crippen LogP contribution in [-0.4, -0.2) is 47.9 Å². The van der Waals surface area contributed by atoms with Crippen LogP contribution in [0.5, 0.6) is 0 Å². The van der Waals surface area contributed by atoms with E-state index in [4.69, 9.17) is 0 Å². The first-order chi connectivity index (χ1) is 14.8. The highest BCUT2D eigenvalue weighted by atomic mass is 19.1. The zero-order chi connectivity index (χ0) is 22.2. The Morgan fingerprint density at radius 1 is 1.06 bits per heavy atom. The monoisotopic (exact) mass is 424 g/mol. The zero-order valence-corrected chi connectivity index (χ0v) is 18.1. The van der Waals surface area contributed by atoms with Crippen molar-refractivity contribution in [1.29, 1.82) is 0 Å². The summed E-state index contributed by atoms with van der Waals surface area (Å²) in [6, 6.07) is 11.6. The summed E-state index contributed by atoms with van der Waals surface area (Å²) in [5.41, 5.74) is 2.37. The van der Waals surface area contributed by atoms with Crippen LogP contribution >= 0.6 is 0 Å². The molecule has 2 aliphatic rings. The highest BCUT2D eigenvalue weighted by Gasteiger charge is 2.34. The van der Waals surface area contributed by atoms with Crippen LogP contribution < -0.4 is 4.90 Å². The Morgan fingerprint density at radius 2 is 1.74 bits per heavy atom. The summed E-state index contributed by atoms with van der Waals surface area (Å²) < 4.78 is 13.2. The van der Waals surface area contributed by atoms with E-state index in [-0.39, 0.29) is 23.4 Å². The first-order valence-electron chi connectivity index (χ1n) is 10.9. The molecule has 2 aliphatic heterocycles. The van der Waals surface area contributed by atoms with Crippen LogP contribution in [0.4, 0.5) is 10.1 Å². The quantitative estimate of drug-likeness (QED) is 0.746. The Kier molecular flexibility index (Phi) is 5.95. The highest BCUT2D eigenvalue weighted by molar-refractivity contribution is 6.00. The van der Waals surface area contributed by atoms with Crippen LogP contribution in [0.25, 0.3) is 0 Å². The molecule has 0 aliphatic carbocycles. The van der Waals surface area contributed by atoms with Gasteiger partial charge in [0.25, 0.3) is 0 Å². The van der Waals surface area contributed by atoms with E-state index < -0.39 is 5.60 Å². The van der Waals surface area contributed by atoms with Crippen molar-refractivity contribution >= 4 is 17.4 Å². The van der Waals surface area contributed by atoms with Crippen LogP contribution in [0.2, 0.25) is 0 Å². The van der Waals surface area contributed by atoms with Gasteiger partial charge in [-0.1, -0.05) is 26.0 Å². The Hall–Kier alpha value is -2.57. The average Bonchev–Trinajstić information content (AvgIpc) is 3.18. The van der Waals surface area contributed by atoms with E-state index in [1.165, 1.54) is 12.1 Å². The van der Waals surface area contributed by atoms with Gasteiger partial charge in [0.1, 0.15) is 5.82 Å². The molecule has 1 saturated heterocycles. The number of piperidine rings is 1. The fourth-order valence-corrected chi connectivity index (χ4v) is 4.54. The average molecular weight is 425 g/mol. The van der Waals surface area contributed by atoms with Gasteiger partial charge in [-0.05, 0) is 60.7 Å². The summed E-state index contributed by atoms with van der Waals surface area (Å²) in [6.07, 6.45) is 1.77. The molecule has 2 aromatic rings. The molecule has 4 rings (SSSR count). The predicted octanol–water partition coefficient (Wildman–Crippen LogP) is 3.54. The minimum Gasteiger partial charge on any atom is -0.385 e. The highest BCUT2D eigenvalue weighted by Crippen LogP contribution is 2.33. The molecule has 164 valence electrons. The van der Waals surface area contributed by atoms with Gasteiger partial charge in [-0.3, -0.25) is 14.5 Å². The lowest BCUT2D eigenvalue weighted by molar-refractivity contribution is -0.121. The fourth-order valence-electron chi connectivity index (χ4n) is 4.54. The van der Waals surface area contributed by atoms with Gasteiger partial charge in [-0.2, -0.15) is 0 Å². The van der Waals surface area contributed by atoms with Crippen LogP contribution in [0.1, 0.15) is 48.2 Å². The van der Waals surface area contributed by atoms with Gasteiger partial charge in [0.15, 0.2) is 5.78 Å². The van der Waals surface area contributed by atoms with Crippen LogP contribution in [0.3, 0.4) is 0 Å². The number of nitrogens with zero attached hydrogens (tertiary/aromatic N) is 2. The number of amides is 1. The summed E-state index contributed by atoms with van der Waals surface area (Å²) in [4.78, 5) is 29.1. The number of fused-ring (bicyclic) bond motifs is 1. The number of rotatable bonds is 5.